The first-order valence-electron chi connectivity index (χ1n) is 11.6. The van der Waals surface area contributed by atoms with Gasteiger partial charge in [0.15, 0.2) is 0 Å². The van der Waals surface area contributed by atoms with Crippen LogP contribution in [0.5, 0.6) is 0 Å². The molecule has 2 aliphatic rings. The number of esters is 1. The van der Waals surface area contributed by atoms with Crippen LogP contribution >= 0.6 is 0 Å². The van der Waals surface area contributed by atoms with E-state index in [1.165, 1.54) is 0 Å². The molecule has 1 amide bonds. The van der Waals surface area contributed by atoms with Gasteiger partial charge < -0.3 is 24.6 Å². The van der Waals surface area contributed by atoms with Gasteiger partial charge in [-0.05, 0) is 59.3 Å². The molecule has 0 aromatic rings. The van der Waals surface area contributed by atoms with Gasteiger partial charge in [-0.25, -0.2) is 4.79 Å². The fourth-order valence-electron chi connectivity index (χ4n) is 4.42. The molecule has 2 aliphatic carbocycles. The van der Waals surface area contributed by atoms with Crippen LogP contribution in [0.2, 0.25) is 0 Å². The zero-order valence-corrected chi connectivity index (χ0v) is 19.9. The molecule has 2 fully saturated rings. The summed E-state index contributed by atoms with van der Waals surface area (Å²) < 4.78 is 16.2. The molecule has 0 aromatic carbocycles. The Morgan fingerprint density at radius 2 is 1.69 bits per heavy atom. The number of carboxylic acids is 1. The van der Waals surface area contributed by atoms with Crippen molar-refractivity contribution in [3.05, 3.63) is 11.6 Å². The van der Waals surface area contributed by atoms with Crippen LogP contribution in [0.25, 0.3) is 0 Å². The maximum absolute atomic E-state index is 13.4. The smallest absolute Gasteiger partial charge is 0.336 e. The summed E-state index contributed by atoms with van der Waals surface area (Å²) in [7, 11) is 1.58. The zero-order valence-electron chi connectivity index (χ0n) is 19.9. The Kier molecular flexibility index (Phi) is 9.70. The summed E-state index contributed by atoms with van der Waals surface area (Å²) in [5, 5.41) is 12.3. The van der Waals surface area contributed by atoms with E-state index >= 15 is 0 Å². The molecule has 0 radical (unpaired) electrons. The lowest BCUT2D eigenvalue weighted by atomic mass is 9.81. The highest BCUT2D eigenvalue weighted by Crippen LogP contribution is 2.41. The van der Waals surface area contributed by atoms with Crippen molar-refractivity contribution in [2.75, 3.05) is 26.9 Å². The molecule has 2 N–H and O–H groups in total. The van der Waals surface area contributed by atoms with Crippen LogP contribution in [0.15, 0.2) is 11.6 Å². The molecule has 0 aliphatic heterocycles. The summed E-state index contributed by atoms with van der Waals surface area (Å²) in [5.74, 6) is -1.66. The predicted molar refractivity (Wildman–Crippen MR) is 119 cm³/mol. The number of hydrogen-bond donors (Lipinski definition) is 2. The van der Waals surface area contributed by atoms with Gasteiger partial charge in [0.1, 0.15) is 5.60 Å². The van der Waals surface area contributed by atoms with Crippen molar-refractivity contribution >= 4 is 17.8 Å². The van der Waals surface area contributed by atoms with Crippen molar-refractivity contribution in [2.45, 2.75) is 83.8 Å². The fraction of sp³-hybridized carbons (Fsp3) is 0.792. The third kappa shape index (κ3) is 7.89. The molecule has 0 spiro atoms. The summed E-state index contributed by atoms with van der Waals surface area (Å²) in [6.07, 6.45) is 7.34. The van der Waals surface area contributed by atoms with Gasteiger partial charge in [0.05, 0.1) is 36.7 Å². The average Bonchev–Trinajstić information content (AvgIpc) is 3.19. The molecule has 0 heterocycles. The molecule has 32 heavy (non-hydrogen) atoms. The first-order chi connectivity index (χ1) is 15.1. The molecule has 0 saturated heterocycles. The zero-order chi connectivity index (χ0) is 23.8. The maximum atomic E-state index is 13.4. The monoisotopic (exact) mass is 453 g/mol. The number of rotatable bonds is 10. The van der Waals surface area contributed by atoms with Crippen molar-refractivity contribution in [1.29, 1.82) is 0 Å². The van der Waals surface area contributed by atoms with Gasteiger partial charge in [0, 0.05) is 13.2 Å². The summed E-state index contributed by atoms with van der Waals surface area (Å²) in [5.41, 5.74) is -1.08. The van der Waals surface area contributed by atoms with Crippen LogP contribution in [-0.4, -0.2) is 61.5 Å². The van der Waals surface area contributed by atoms with E-state index < -0.39 is 23.0 Å². The Morgan fingerprint density at radius 1 is 1.06 bits per heavy atom. The normalized spacial score (nSPS) is 23.6. The largest absolute Gasteiger partial charge is 0.481 e. The van der Waals surface area contributed by atoms with Crippen LogP contribution in [-0.2, 0) is 28.6 Å². The van der Waals surface area contributed by atoms with Gasteiger partial charge >= 0.3 is 11.9 Å². The van der Waals surface area contributed by atoms with Crippen LogP contribution in [0.3, 0.4) is 0 Å². The Labute approximate surface area is 191 Å². The molecular formula is C24H39NO7. The van der Waals surface area contributed by atoms with E-state index in [1.807, 2.05) is 0 Å². The van der Waals surface area contributed by atoms with Gasteiger partial charge in [-0.3, -0.25) is 9.59 Å². The molecule has 2 saturated carbocycles. The van der Waals surface area contributed by atoms with Crippen LogP contribution in [0, 0.1) is 11.3 Å². The summed E-state index contributed by atoms with van der Waals surface area (Å²) in [4.78, 5) is 37.5. The lowest BCUT2D eigenvalue weighted by Gasteiger charge is -2.32. The van der Waals surface area contributed by atoms with Gasteiger partial charge in [-0.2, -0.15) is 0 Å². The number of hydrogen-bond acceptors (Lipinski definition) is 6. The third-order valence-corrected chi connectivity index (χ3v) is 6.16. The number of aliphatic carboxylic acids is 1. The first kappa shape index (κ1) is 26.3. The van der Waals surface area contributed by atoms with E-state index in [0.29, 0.717) is 57.3 Å². The minimum Gasteiger partial charge on any atom is -0.481 e. The van der Waals surface area contributed by atoms with E-state index in [1.54, 1.807) is 34.0 Å². The van der Waals surface area contributed by atoms with E-state index in [0.717, 1.165) is 12.8 Å². The topological polar surface area (TPSA) is 111 Å². The first-order valence-corrected chi connectivity index (χ1v) is 11.6. The number of ether oxygens (including phenoxy) is 3. The summed E-state index contributed by atoms with van der Waals surface area (Å²) in [6, 6.07) is -0.0353. The van der Waals surface area contributed by atoms with Crippen LogP contribution in [0.1, 0.15) is 72.1 Å². The SMILES string of the molecule is COCCOCC(=CC1(C(=O)N[C@H]2CC[C@@H](C(=O)O)CC2)CCCC1)C(=O)OC(C)(C)C. The van der Waals surface area contributed by atoms with Crippen molar-refractivity contribution in [2.24, 2.45) is 11.3 Å². The predicted octanol–water partition coefficient (Wildman–Crippen LogP) is 3.24. The Morgan fingerprint density at radius 3 is 2.22 bits per heavy atom. The molecular weight excluding hydrogens is 414 g/mol. The molecule has 0 atom stereocenters. The fourth-order valence-corrected chi connectivity index (χ4v) is 4.42. The highest BCUT2D eigenvalue weighted by Gasteiger charge is 2.41. The number of nitrogens with one attached hydrogen (secondary N) is 1. The Balaban J connectivity index is 2.15. The number of carbonyl (C=O) groups excluding carboxylic acids is 2. The van der Waals surface area contributed by atoms with Crippen LogP contribution < -0.4 is 5.32 Å². The lowest BCUT2D eigenvalue weighted by Crippen LogP contribution is -2.45. The van der Waals surface area contributed by atoms with E-state index in [-0.39, 0.29) is 24.5 Å². The second-order valence-corrected chi connectivity index (χ2v) is 9.94. The molecule has 182 valence electrons. The Bertz CT molecular complexity index is 681. The minimum absolute atomic E-state index is 0.0353. The highest BCUT2D eigenvalue weighted by atomic mass is 16.6. The van der Waals surface area contributed by atoms with Gasteiger partial charge in [0.25, 0.3) is 0 Å². The second kappa shape index (κ2) is 11.8. The second-order valence-electron chi connectivity index (χ2n) is 9.94. The Hall–Kier alpha value is -1.93. The summed E-state index contributed by atoms with van der Waals surface area (Å²) in [6.45, 7) is 6.21. The van der Waals surface area contributed by atoms with Crippen molar-refractivity contribution in [1.82, 2.24) is 5.32 Å². The molecule has 8 nitrogen and oxygen atoms in total. The molecule has 2 rings (SSSR count). The van der Waals surface area contributed by atoms with Crippen molar-refractivity contribution < 1.29 is 33.7 Å². The molecule has 8 heteroatoms. The molecule has 0 aromatic heterocycles. The number of amides is 1. The number of carbonyl (C=O) groups is 3. The van der Waals surface area contributed by atoms with Gasteiger partial charge in [0.2, 0.25) is 5.91 Å². The van der Waals surface area contributed by atoms with Gasteiger partial charge in [-0.15, -0.1) is 0 Å². The minimum atomic E-state index is -0.777. The van der Waals surface area contributed by atoms with Gasteiger partial charge in [-0.1, -0.05) is 18.9 Å². The number of methoxy groups -OCH3 is 1. The summed E-state index contributed by atoms with van der Waals surface area (Å²) >= 11 is 0. The third-order valence-electron chi connectivity index (χ3n) is 6.16. The van der Waals surface area contributed by atoms with Crippen molar-refractivity contribution in [3.8, 4) is 0 Å². The maximum Gasteiger partial charge on any atom is 0.336 e. The van der Waals surface area contributed by atoms with E-state index in [9.17, 15) is 19.5 Å². The molecule has 0 unspecified atom stereocenters. The van der Waals surface area contributed by atoms with E-state index in [4.69, 9.17) is 14.2 Å². The standard InChI is InChI=1S/C24H39NO7/c1-23(2,3)32-21(28)18(16-31-14-13-30-4)15-24(11-5-6-12-24)22(29)25-19-9-7-17(8-10-19)20(26)27/h15,17,19H,5-14,16H2,1-4H3,(H,25,29)(H,26,27)/t17-,19+. The average molecular weight is 454 g/mol. The number of carboxylic acid groups (broad SMARTS) is 1. The van der Waals surface area contributed by atoms with Crippen LogP contribution in [0.4, 0.5) is 0 Å². The highest BCUT2D eigenvalue weighted by molar-refractivity contribution is 5.92. The lowest BCUT2D eigenvalue weighted by molar-refractivity contribution is -0.150. The molecule has 0 bridgehead atoms. The van der Waals surface area contributed by atoms with E-state index in [2.05, 4.69) is 5.32 Å². The van der Waals surface area contributed by atoms with Crippen molar-refractivity contribution in [3.63, 3.8) is 0 Å². The quantitative estimate of drug-likeness (QED) is 0.297.